The number of halogens is 2. The number of nitrogens with zero attached hydrogens (tertiary/aromatic N) is 2. The number of hydrogen-bond acceptors (Lipinski definition) is 3. The van der Waals surface area contributed by atoms with Gasteiger partial charge in [-0.25, -0.2) is 14.4 Å². The number of hydrogen-bond donors (Lipinski definition) is 0. The highest BCUT2D eigenvalue weighted by atomic mass is 35.5. The predicted octanol–water partition coefficient (Wildman–Crippen LogP) is 5.23. The molecule has 0 aliphatic rings. The number of amides is 1. The van der Waals surface area contributed by atoms with E-state index in [0.29, 0.717) is 16.8 Å². The minimum Gasteiger partial charge on any atom is -0.274 e. The lowest BCUT2D eigenvalue weighted by atomic mass is 10.1. The third-order valence-electron chi connectivity index (χ3n) is 2.74. The normalized spacial score (nSPS) is 9.17. The molecule has 2 aromatic rings. The Balaban J connectivity index is 0.00000123. The summed E-state index contributed by atoms with van der Waals surface area (Å²) in [6.07, 6.45) is 0. The van der Waals surface area contributed by atoms with Crippen molar-refractivity contribution in [2.24, 2.45) is 0 Å². The van der Waals surface area contributed by atoms with Gasteiger partial charge in [0.15, 0.2) is 0 Å². The van der Waals surface area contributed by atoms with Gasteiger partial charge in [-0.05, 0) is 36.4 Å². The van der Waals surface area contributed by atoms with Gasteiger partial charge >= 0.3 is 0 Å². The van der Waals surface area contributed by atoms with E-state index in [9.17, 15) is 9.18 Å². The number of carbonyl (C=O) groups is 1. The zero-order valence-corrected chi connectivity index (χ0v) is 15.7. The predicted molar refractivity (Wildman–Crippen MR) is 96.4 cm³/mol. The minimum atomic E-state index is -0.347. The molecule has 0 fully saturated rings. The Morgan fingerprint density at radius 2 is 1.67 bits per heavy atom. The van der Waals surface area contributed by atoms with Gasteiger partial charge < -0.3 is 0 Å². The van der Waals surface area contributed by atoms with Crippen molar-refractivity contribution in [1.29, 1.82) is 0 Å². The molecule has 0 bridgehead atoms. The molecule has 0 radical (unpaired) electrons. The molecule has 1 aromatic heterocycles. The lowest BCUT2D eigenvalue weighted by Gasteiger charge is -2.14. The first-order valence-corrected chi connectivity index (χ1v) is 8.14. The molecule has 0 unspecified atom stereocenters. The summed E-state index contributed by atoms with van der Waals surface area (Å²) in [5.74, 6) is -0.689. The summed E-state index contributed by atoms with van der Waals surface area (Å²) < 4.78 is 12.9. The van der Waals surface area contributed by atoms with Crippen molar-refractivity contribution >= 4 is 17.5 Å². The van der Waals surface area contributed by atoms with Crippen LogP contribution in [0.5, 0.6) is 0 Å². The third kappa shape index (κ3) is 6.26. The van der Waals surface area contributed by atoms with E-state index in [4.69, 9.17) is 16.4 Å². The van der Waals surface area contributed by atoms with Crippen LogP contribution in [0.1, 0.15) is 38.1 Å². The van der Waals surface area contributed by atoms with Crippen LogP contribution in [0.3, 0.4) is 0 Å². The summed E-state index contributed by atoms with van der Waals surface area (Å²) in [4.78, 5) is 21.0. The highest BCUT2D eigenvalue weighted by molar-refractivity contribution is 6.29. The molecule has 6 heteroatoms. The fraction of sp³-hybridized carbons (Fsp3) is 0.333. The summed E-state index contributed by atoms with van der Waals surface area (Å²) in [6, 6.07) is 8.81. The van der Waals surface area contributed by atoms with Crippen LogP contribution in [0.4, 0.5) is 4.39 Å². The molecule has 1 heterocycles. The van der Waals surface area contributed by atoms with Gasteiger partial charge in [-0.2, -0.15) is 0 Å². The van der Waals surface area contributed by atoms with E-state index in [0.717, 1.165) is 5.06 Å². The van der Waals surface area contributed by atoms with Gasteiger partial charge in [-0.1, -0.05) is 39.3 Å². The summed E-state index contributed by atoms with van der Waals surface area (Å²) >= 11 is 5.93. The monoisotopic (exact) mass is 354 g/mol. The molecule has 0 atom stereocenters. The van der Waals surface area contributed by atoms with Crippen molar-refractivity contribution in [3.63, 3.8) is 0 Å². The second-order valence-corrected chi connectivity index (χ2v) is 4.44. The molecular formula is C18H24ClFN2O2. The fourth-order valence-electron chi connectivity index (χ4n) is 1.65. The zero-order valence-electron chi connectivity index (χ0n) is 14.9. The second-order valence-electron chi connectivity index (χ2n) is 4.06. The molecule has 2 rings (SSSR count). The minimum absolute atomic E-state index is 0.180. The van der Waals surface area contributed by atoms with Crippen LogP contribution >= 0.6 is 11.6 Å². The number of hydroxylamine groups is 2. The van der Waals surface area contributed by atoms with Crippen LogP contribution in [0, 0.1) is 5.82 Å². The molecule has 1 aromatic carbocycles. The van der Waals surface area contributed by atoms with Gasteiger partial charge in [0.1, 0.15) is 11.0 Å². The van der Waals surface area contributed by atoms with Gasteiger partial charge in [-0.3, -0.25) is 9.63 Å². The van der Waals surface area contributed by atoms with E-state index >= 15 is 0 Å². The molecule has 24 heavy (non-hydrogen) atoms. The number of benzene rings is 1. The largest absolute Gasteiger partial charge is 0.277 e. The lowest BCUT2D eigenvalue weighted by Crippen LogP contribution is -2.25. The maximum absolute atomic E-state index is 12.9. The lowest BCUT2D eigenvalue weighted by molar-refractivity contribution is -0.0757. The first kappa shape index (κ1) is 22.0. The average Bonchev–Trinajstić information content (AvgIpc) is 2.63. The molecule has 0 spiro atoms. The molecule has 0 N–H and O–H groups in total. The van der Waals surface area contributed by atoms with Crippen LogP contribution < -0.4 is 0 Å². The van der Waals surface area contributed by atoms with Crippen LogP contribution in [0.2, 0.25) is 5.15 Å². The van der Waals surface area contributed by atoms with E-state index < -0.39 is 0 Å². The Bertz CT molecular complexity index is 633. The van der Waals surface area contributed by atoms with Crippen LogP contribution in [-0.4, -0.2) is 30.1 Å². The smallest absolute Gasteiger partial charge is 0.274 e. The van der Waals surface area contributed by atoms with Gasteiger partial charge in [0.2, 0.25) is 0 Å². The Morgan fingerprint density at radius 1 is 1.12 bits per heavy atom. The number of carbonyl (C=O) groups excluding carboxylic acids is 1. The maximum atomic E-state index is 12.9. The Hall–Kier alpha value is -1.98. The summed E-state index contributed by atoms with van der Waals surface area (Å²) in [5, 5.41) is 1.26. The molecule has 0 saturated carbocycles. The van der Waals surface area contributed by atoms with E-state index in [2.05, 4.69) is 4.98 Å². The number of aromatic nitrogens is 1. The van der Waals surface area contributed by atoms with E-state index in [1.807, 2.05) is 27.7 Å². The van der Waals surface area contributed by atoms with Crippen molar-refractivity contribution in [3.05, 3.63) is 52.9 Å². The van der Waals surface area contributed by atoms with E-state index in [1.54, 1.807) is 18.2 Å². The van der Waals surface area contributed by atoms with Crippen molar-refractivity contribution in [1.82, 2.24) is 10.0 Å². The van der Waals surface area contributed by atoms with E-state index in [1.165, 1.54) is 32.4 Å². The second kappa shape index (κ2) is 11.5. The molecule has 0 aliphatic carbocycles. The molecule has 132 valence electrons. The zero-order chi connectivity index (χ0) is 18.7. The van der Waals surface area contributed by atoms with Gasteiger partial charge in [-0.15, -0.1) is 0 Å². The van der Waals surface area contributed by atoms with Gasteiger partial charge in [0.25, 0.3) is 5.91 Å². The Kier molecular flexibility index (Phi) is 10.6. The topological polar surface area (TPSA) is 42.4 Å². The number of rotatable bonds is 3. The average molecular weight is 355 g/mol. The summed E-state index contributed by atoms with van der Waals surface area (Å²) in [6.45, 7) is 8.00. The summed E-state index contributed by atoms with van der Waals surface area (Å²) in [5.41, 5.74) is 1.50. The number of pyridine rings is 1. The maximum Gasteiger partial charge on any atom is 0.277 e. The van der Waals surface area contributed by atoms with Gasteiger partial charge in [0, 0.05) is 18.2 Å². The summed E-state index contributed by atoms with van der Waals surface area (Å²) in [7, 11) is 2.88. The Labute approximate surface area is 148 Å². The molecule has 0 aliphatic heterocycles. The fourth-order valence-corrected chi connectivity index (χ4v) is 1.86. The van der Waals surface area contributed by atoms with Crippen molar-refractivity contribution in [3.8, 4) is 11.3 Å². The quantitative estimate of drug-likeness (QED) is 0.560. The van der Waals surface area contributed by atoms with Crippen LogP contribution in [0.15, 0.2) is 36.4 Å². The Morgan fingerprint density at radius 3 is 2.17 bits per heavy atom. The van der Waals surface area contributed by atoms with E-state index in [-0.39, 0.29) is 16.9 Å². The highest BCUT2D eigenvalue weighted by Crippen LogP contribution is 2.22. The molecule has 4 nitrogen and oxygen atoms in total. The van der Waals surface area contributed by atoms with Crippen LogP contribution in [-0.2, 0) is 4.84 Å². The highest BCUT2D eigenvalue weighted by Gasteiger charge is 2.14. The van der Waals surface area contributed by atoms with Crippen molar-refractivity contribution in [2.45, 2.75) is 27.7 Å². The molecule has 1 amide bonds. The third-order valence-corrected chi connectivity index (χ3v) is 2.93. The first-order chi connectivity index (χ1) is 11.5. The van der Waals surface area contributed by atoms with Crippen molar-refractivity contribution in [2.75, 3.05) is 14.2 Å². The molecule has 0 saturated heterocycles. The standard InChI is InChI=1S/C14H12ClFN2O2.2C2H6/c1-18(20-2)14(19)10-7-12(17-13(15)8-10)9-3-5-11(16)6-4-9;2*1-2/h3-8H,1-2H3;2*1-2H3. The SMILES string of the molecule is CC.CC.CON(C)C(=O)c1cc(Cl)nc(-c2ccc(F)cc2)c1. The van der Waals surface area contributed by atoms with Gasteiger partial charge in [0.05, 0.1) is 12.8 Å². The first-order valence-electron chi connectivity index (χ1n) is 7.77. The molecular weight excluding hydrogens is 331 g/mol. The van der Waals surface area contributed by atoms with Crippen molar-refractivity contribution < 1.29 is 14.0 Å². The van der Waals surface area contributed by atoms with Crippen LogP contribution in [0.25, 0.3) is 11.3 Å².